The average Bonchev–Trinajstić information content (AvgIpc) is 3.39. The SMILES string of the molecule is CCCN1CCN(c2ccc3c(C(=O)N[C@@H]4CN5CCC4CC5)nsc3c2)C1=O.O=CO. The van der Waals surface area contributed by atoms with Crippen LogP contribution in [0.5, 0.6) is 0 Å². The van der Waals surface area contributed by atoms with Crippen LogP contribution in [0.4, 0.5) is 10.5 Å². The molecule has 4 saturated heterocycles. The van der Waals surface area contributed by atoms with Crippen molar-refractivity contribution in [3.05, 3.63) is 23.9 Å². The predicted molar refractivity (Wildman–Crippen MR) is 123 cm³/mol. The van der Waals surface area contributed by atoms with Gasteiger partial charge in [-0.1, -0.05) is 6.92 Å². The summed E-state index contributed by atoms with van der Waals surface area (Å²) in [6.07, 6.45) is 3.31. The van der Waals surface area contributed by atoms with Crippen molar-refractivity contribution in [3.63, 3.8) is 0 Å². The second-order valence-electron chi connectivity index (χ2n) is 8.46. The molecule has 4 fully saturated rings. The number of anilines is 1. The molecule has 4 aliphatic rings. The predicted octanol–water partition coefficient (Wildman–Crippen LogP) is 2.47. The van der Waals surface area contributed by atoms with E-state index in [1.807, 2.05) is 28.0 Å². The van der Waals surface area contributed by atoms with Gasteiger partial charge >= 0.3 is 6.03 Å². The van der Waals surface area contributed by atoms with Crippen molar-refractivity contribution in [2.75, 3.05) is 44.2 Å². The third-order valence-corrected chi connectivity index (χ3v) is 7.35. The summed E-state index contributed by atoms with van der Waals surface area (Å²) in [5.74, 6) is 0.516. The normalized spacial score (nSPS) is 24.4. The molecule has 0 saturated carbocycles. The number of benzene rings is 1. The van der Waals surface area contributed by atoms with E-state index in [2.05, 4.69) is 21.5 Å². The highest BCUT2D eigenvalue weighted by Gasteiger charge is 2.35. The highest BCUT2D eigenvalue weighted by molar-refractivity contribution is 7.13. The Morgan fingerprint density at radius 3 is 2.69 bits per heavy atom. The van der Waals surface area contributed by atoms with E-state index in [4.69, 9.17) is 9.90 Å². The van der Waals surface area contributed by atoms with E-state index in [9.17, 15) is 9.59 Å². The summed E-state index contributed by atoms with van der Waals surface area (Å²) in [5, 5.41) is 11.0. The minimum absolute atomic E-state index is 0.0658. The summed E-state index contributed by atoms with van der Waals surface area (Å²) in [4.78, 5) is 40.0. The molecule has 3 amide bonds. The maximum absolute atomic E-state index is 12.9. The van der Waals surface area contributed by atoms with Gasteiger partial charge < -0.3 is 20.2 Å². The number of fused-ring (bicyclic) bond motifs is 4. The van der Waals surface area contributed by atoms with Gasteiger partial charge in [-0.25, -0.2) is 4.79 Å². The van der Waals surface area contributed by atoms with Gasteiger partial charge in [0.05, 0.1) is 4.70 Å². The fraction of sp³-hybridized carbons (Fsp3) is 0.545. The number of hydrogen-bond donors (Lipinski definition) is 2. The Labute approximate surface area is 191 Å². The molecule has 2 N–H and O–H groups in total. The van der Waals surface area contributed by atoms with Crippen molar-refractivity contribution in [3.8, 4) is 0 Å². The number of carboxylic acid groups (broad SMARTS) is 1. The molecule has 0 radical (unpaired) electrons. The Kier molecular flexibility index (Phi) is 6.90. The number of urea groups is 1. The van der Waals surface area contributed by atoms with E-state index in [1.54, 1.807) is 0 Å². The Hall–Kier alpha value is -2.72. The fourth-order valence-corrected chi connectivity index (χ4v) is 5.73. The molecule has 32 heavy (non-hydrogen) atoms. The van der Waals surface area contributed by atoms with Crippen molar-refractivity contribution in [2.45, 2.75) is 32.2 Å². The van der Waals surface area contributed by atoms with E-state index in [0.717, 1.165) is 54.9 Å². The quantitative estimate of drug-likeness (QED) is 0.666. The lowest BCUT2D eigenvalue weighted by Crippen LogP contribution is -2.57. The average molecular weight is 460 g/mol. The van der Waals surface area contributed by atoms with Crippen LogP contribution in [0.2, 0.25) is 0 Å². The number of carbonyl (C=O) groups is 3. The summed E-state index contributed by atoms with van der Waals surface area (Å²) < 4.78 is 5.40. The van der Waals surface area contributed by atoms with E-state index in [-0.39, 0.29) is 24.5 Å². The zero-order chi connectivity index (χ0) is 22.7. The zero-order valence-corrected chi connectivity index (χ0v) is 19.0. The van der Waals surface area contributed by atoms with Gasteiger partial charge in [-0.05, 0) is 68.0 Å². The van der Waals surface area contributed by atoms with Gasteiger partial charge in [0.15, 0.2) is 0 Å². The standard InChI is InChI=1S/C21H27N5O2S.CH2O2/c1-2-7-25-10-11-26(21(25)28)15-3-4-16-18(12-15)29-23-19(16)20(27)22-17-13-24-8-5-14(17)6-9-24;2-1-3/h3-4,12,14,17H,2,5-11,13H2,1H3,(H,22,27);1H,(H,2,3)/t17-;/m1./s1. The van der Waals surface area contributed by atoms with Gasteiger partial charge in [-0.2, -0.15) is 4.37 Å². The minimum Gasteiger partial charge on any atom is -0.483 e. The third kappa shape index (κ3) is 4.42. The molecule has 1 atom stereocenters. The highest BCUT2D eigenvalue weighted by Crippen LogP contribution is 2.31. The molecule has 172 valence electrons. The van der Waals surface area contributed by atoms with Crippen molar-refractivity contribution >= 4 is 45.7 Å². The molecule has 1 aromatic heterocycles. The Bertz CT molecular complexity index is 988. The molecular weight excluding hydrogens is 430 g/mol. The lowest BCUT2D eigenvalue weighted by molar-refractivity contribution is -0.122. The Morgan fingerprint density at radius 2 is 2.03 bits per heavy atom. The van der Waals surface area contributed by atoms with Crippen LogP contribution in [0.3, 0.4) is 0 Å². The first kappa shape index (κ1) is 22.5. The van der Waals surface area contributed by atoms with E-state index >= 15 is 0 Å². The van der Waals surface area contributed by atoms with Gasteiger partial charge in [0.25, 0.3) is 12.4 Å². The number of aromatic nitrogens is 1. The Morgan fingerprint density at radius 1 is 1.28 bits per heavy atom. The first-order valence-electron chi connectivity index (χ1n) is 11.1. The first-order chi connectivity index (χ1) is 15.5. The number of amides is 3. The maximum Gasteiger partial charge on any atom is 0.324 e. The summed E-state index contributed by atoms with van der Waals surface area (Å²) in [5.41, 5.74) is 1.39. The van der Waals surface area contributed by atoms with Crippen molar-refractivity contribution in [1.29, 1.82) is 0 Å². The first-order valence-corrected chi connectivity index (χ1v) is 11.9. The van der Waals surface area contributed by atoms with Crippen molar-refractivity contribution < 1.29 is 19.5 Å². The minimum atomic E-state index is -0.250. The summed E-state index contributed by atoms with van der Waals surface area (Å²) >= 11 is 1.33. The van der Waals surface area contributed by atoms with Gasteiger partial charge in [-0.3, -0.25) is 14.5 Å². The van der Waals surface area contributed by atoms with Crippen LogP contribution in [0.25, 0.3) is 10.1 Å². The Balaban J connectivity index is 0.000000775. The molecule has 1 aromatic carbocycles. The van der Waals surface area contributed by atoms with E-state index in [0.29, 0.717) is 18.2 Å². The van der Waals surface area contributed by atoms with Gasteiger partial charge in [0, 0.05) is 43.3 Å². The fourth-order valence-electron chi connectivity index (χ4n) is 4.92. The smallest absolute Gasteiger partial charge is 0.324 e. The number of rotatable bonds is 5. The second kappa shape index (κ2) is 9.83. The number of nitrogens with zero attached hydrogens (tertiary/aromatic N) is 4. The van der Waals surface area contributed by atoms with Crippen LogP contribution >= 0.6 is 11.5 Å². The van der Waals surface area contributed by atoms with Crippen molar-refractivity contribution in [2.24, 2.45) is 5.92 Å². The van der Waals surface area contributed by atoms with E-state index in [1.165, 1.54) is 24.4 Å². The monoisotopic (exact) mass is 459 g/mol. The van der Waals surface area contributed by atoms with Gasteiger partial charge in [0.1, 0.15) is 5.69 Å². The van der Waals surface area contributed by atoms with Crippen LogP contribution in [0.1, 0.15) is 36.7 Å². The number of piperidine rings is 3. The molecule has 0 aliphatic carbocycles. The molecule has 4 aliphatic heterocycles. The summed E-state index contributed by atoms with van der Waals surface area (Å²) in [6, 6.07) is 6.17. The lowest BCUT2D eigenvalue weighted by atomic mass is 9.84. The number of carbonyl (C=O) groups excluding carboxylic acids is 2. The summed E-state index contributed by atoms with van der Waals surface area (Å²) in [7, 11) is 0. The molecule has 9 nitrogen and oxygen atoms in total. The van der Waals surface area contributed by atoms with Crippen LogP contribution in [-0.4, -0.2) is 83.0 Å². The van der Waals surface area contributed by atoms with Crippen LogP contribution in [-0.2, 0) is 4.79 Å². The van der Waals surface area contributed by atoms with E-state index < -0.39 is 0 Å². The largest absolute Gasteiger partial charge is 0.483 e. The molecule has 10 heteroatoms. The molecular formula is C22H29N5O4S. The molecule has 0 spiro atoms. The van der Waals surface area contributed by atoms with Gasteiger partial charge in [0.2, 0.25) is 0 Å². The topological polar surface area (TPSA) is 106 Å². The number of hydrogen-bond acceptors (Lipinski definition) is 6. The van der Waals surface area contributed by atoms with Crippen molar-refractivity contribution in [1.82, 2.24) is 19.5 Å². The second-order valence-corrected chi connectivity index (χ2v) is 9.26. The molecule has 6 rings (SSSR count). The zero-order valence-electron chi connectivity index (χ0n) is 18.2. The number of nitrogens with one attached hydrogen (secondary N) is 1. The summed E-state index contributed by atoms with van der Waals surface area (Å²) in [6.45, 7) is 7.36. The molecule has 5 heterocycles. The van der Waals surface area contributed by atoms with Crippen LogP contribution in [0.15, 0.2) is 18.2 Å². The maximum atomic E-state index is 12.9. The lowest BCUT2D eigenvalue weighted by Gasteiger charge is -2.44. The van der Waals surface area contributed by atoms with Gasteiger partial charge in [-0.15, -0.1) is 0 Å². The molecule has 2 aromatic rings. The third-order valence-electron chi connectivity index (χ3n) is 6.54. The highest BCUT2D eigenvalue weighted by atomic mass is 32.1. The molecule has 0 unspecified atom stereocenters. The van der Waals surface area contributed by atoms with Crippen LogP contribution < -0.4 is 10.2 Å². The van der Waals surface area contributed by atoms with Crippen LogP contribution in [0, 0.1) is 5.92 Å². The molecule has 2 bridgehead atoms.